The second-order valence-corrected chi connectivity index (χ2v) is 5.22. The Bertz CT molecular complexity index is 428. The van der Waals surface area contributed by atoms with Crippen LogP contribution in [0.15, 0.2) is 36.5 Å². The summed E-state index contributed by atoms with van der Waals surface area (Å²) in [6, 6.07) is 10.4. The van der Waals surface area contributed by atoms with E-state index in [-0.39, 0.29) is 0 Å². The van der Waals surface area contributed by atoms with Crippen LogP contribution in [0.5, 0.6) is 0 Å². The average molecular weight is 253 g/mol. The van der Waals surface area contributed by atoms with E-state index < -0.39 is 0 Å². The number of hydrogen-bond acceptors (Lipinski definition) is 3. The van der Waals surface area contributed by atoms with Gasteiger partial charge < -0.3 is 5.32 Å². The Balaban J connectivity index is 1.69. The summed E-state index contributed by atoms with van der Waals surface area (Å²) < 4.78 is 0.750. The fourth-order valence-electron chi connectivity index (χ4n) is 1.44. The molecule has 84 valence electrons. The molecule has 2 rings (SSSR count). The summed E-state index contributed by atoms with van der Waals surface area (Å²) >= 11 is 7.32. The van der Waals surface area contributed by atoms with Crippen molar-refractivity contribution in [2.45, 2.75) is 13.0 Å². The predicted molar refractivity (Wildman–Crippen MR) is 69.0 cm³/mol. The average Bonchev–Trinajstić information content (AvgIpc) is 2.72. The highest BCUT2D eigenvalue weighted by Gasteiger charge is 1.98. The van der Waals surface area contributed by atoms with Gasteiger partial charge in [0.1, 0.15) is 9.34 Å². The maximum atomic E-state index is 5.80. The van der Waals surface area contributed by atoms with Crippen LogP contribution in [0.2, 0.25) is 4.34 Å². The predicted octanol–water partition coefficient (Wildman–Crippen LogP) is 3.13. The van der Waals surface area contributed by atoms with Crippen LogP contribution in [0.3, 0.4) is 0 Å². The lowest BCUT2D eigenvalue weighted by Crippen LogP contribution is -2.16. The molecule has 4 heteroatoms. The highest BCUT2D eigenvalue weighted by atomic mass is 35.5. The summed E-state index contributed by atoms with van der Waals surface area (Å²) in [5, 5.41) is 4.39. The standard InChI is InChI=1S/C12H13ClN2S/c13-11-8-15-12(16-11)9-14-7-6-10-4-2-1-3-5-10/h1-5,8,14H,6-7,9H2. The molecule has 1 heterocycles. The van der Waals surface area contributed by atoms with Crippen molar-refractivity contribution in [1.82, 2.24) is 10.3 Å². The van der Waals surface area contributed by atoms with E-state index in [1.165, 1.54) is 16.9 Å². The fraction of sp³-hybridized carbons (Fsp3) is 0.250. The van der Waals surface area contributed by atoms with E-state index in [0.717, 1.165) is 28.9 Å². The largest absolute Gasteiger partial charge is 0.310 e. The summed E-state index contributed by atoms with van der Waals surface area (Å²) in [6.45, 7) is 1.76. The summed E-state index contributed by atoms with van der Waals surface area (Å²) in [5.41, 5.74) is 1.35. The summed E-state index contributed by atoms with van der Waals surface area (Å²) in [5.74, 6) is 0. The van der Waals surface area contributed by atoms with Crippen LogP contribution in [0.4, 0.5) is 0 Å². The Labute approximate surface area is 104 Å². The van der Waals surface area contributed by atoms with E-state index in [9.17, 15) is 0 Å². The van der Waals surface area contributed by atoms with E-state index in [1.54, 1.807) is 6.20 Å². The van der Waals surface area contributed by atoms with Gasteiger partial charge in [-0.1, -0.05) is 41.9 Å². The van der Waals surface area contributed by atoms with Gasteiger partial charge in [-0.25, -0.2) is 4.98 Å². The molecule has 0 amide bonds. The first kappa shape index (κ1) is 11.6. The molecule has 1 aromatic heterocycles. The van der Waals surface area contributed by atoms with Crippen molar-refractivity contribution in [3.8, 4) is 0 Å². The van der Waals surface area contributed by atoms with Gasteiger partial charge in [0.05, 0.1) is 6.20 Å². The molecule has 0 saturated heterocycles. The first-order chi connectivity index (χ1) is 7.84. The van der Waals surface area contributed by atoms with Crippen molar-refractivity contribution in [2.24, 2.45) is 0 Å². The van der Waals surface area contributed by atoms with Crippen LogP contribution < -0.4 is 5.32 Å². The van der Waals surface area contributed by atoms with Crippen LogP contribution in [0.25, 0.3) is 0 Å². The SMILES string of the molecule is Clc1cnc(CNCCc2ccccc2)s1. The normalized spacial score (nSPS) is 10.6. The fourth-order valence-corrected chi connectivity index (χ4v) is 2.37. The number of nitrogens with zero attached hydrogens (tertiary/aromatic N) is 1. The number of hydrogen-bond donors (Lipinski definition) is 1. The zero-order chi connectivity index (χ0) is 11.2. The van der Waals surface area contributed by atoms with Crippen molar-refractivity contribution < 1.29 is 0 Å². The molecule has 0 aliphatic rings. The molecule has 16 heavy (non-hydrogen) atoms. The van der Waals surface area contributed by atoms with Crippen molar-refractivity contribution in [3.63, 3.8) is 0 Å². The van der Waals surface area contributed by atoms with Crippen molar-refractivity contribution in [1.29, 1.82) is 0 Å². The van der Waals surface area contributed by atoms with E-state index >= 15 is 0 Å². The lowest BCUT2D eigenvalue weighted by molar-refractivity contribution is 0.684. The molecule has 2 aromatic rings. The van der Waals surface area contributed by atoms with Gasteiger partial charge in [0, 0.05) is 6.54 Å². The third-order valence-corrected chi connectivity index (χ3v) is 3.35. The summed E-state index contributed by atoms with van der Waals surface area (Å²) in [4.78, 5) is 4.18. The third-order valence-electron chi connectivity index (χ3n) is 2.23. The minimum atomic E-state index is 0.750. The first-order valence-corrected chi connectivity index (χ1v) is 6.39. The molecule has 0 bridgehead atoms. The van der Waals surface area contributed by atoms with E-state index in [2.05, 4.69) is 34.6 Å². The van der Waals surface area contributed by atoms with Crippen LogP contribution in [-0.4, -0.2) is 11.5 Å². The molecule has 0 spiro atoms. The Morgan fingerprint density at radius 3 is 2.75 bits per heavy atom. The molecule has 0 saturated carbocycles. The van der Waals surface area contributed by atoms with Gasteiger partial charge in [0.2, 0.25) is 0 Å². The zero-order valence-electron chi connectivity index (χ0n) is 8.82. The molecule has 1 aromatic carbocycles. The maximum absolute atomic E-state index is 5.80. The molecule has 0 atom stereocenters. The van der Waals surface area contributed by atoms with Crippen molar-refractivity contribution in [2.75, 3.05) is 6.54 Å². The van der Waals surface area contributed by atoms with Gasteiger partial charge in [0.25, 0.3) is 0 Å². The van der Waals surface area contributed by atoms with Gasteiger partial charge in [-0.2, -0.15) is 0 Å². The lowest BCUT2D eigenvalue weighted by Gasteiger charge is -2.02. The number of aromatic nitrogens is 1. The Morgan fingerprint density at radius 1 is 1.25 bits per heavy atom. The van der Waals surface area contributed by atoms with Gasteiger partial charge in [-0.3, -0.25) is 0 Å². The lowest BCUT2D eigenvalue weighted by atomic mass is 10.1. The molecule has 0 fully saturated rings. The smallest absolute Gasteiger partial charge is 0.113 e. The number of thiazole rings is 1. The third kappa shape index (κ3) is 3.59. The van der Waals surface area contributed by atoms with Crippen LogP contribution in [0.1, 0.15) is 10.6 Å². The summed E-state index contributed by atoms with van der Waals surface area (Å²) in [6.07, 6.45) is 2.74. The molecule has 1 N–H and O–H groups in total. The van der Waals surface area contributed by atoms with Crippen molar-refractivity contribution >= 4 is 22.9 Å². The van der Waals surface area contributed by atoms with Gasteiger partial charge in [-0.15, -0.1) is 11.3 Å². The van der Waals surface area contributed by atoms with Crippen LogP contribution >= 0.6 is 22.9 Å². The minimum Gasteiger partial charge on any atom is -0.310 e. The summed E-state index contributed by atoms with van der Waals surface area (Å²) in [7, 11) is 0. The highest BCUT2D eigenvalue weighted by molar-refractivity contribution is 7.15. The Morgan fingerprint density at radius 2 is 2.06 bits per heavy atom. The van der Waals surface area contributed by atoms with E-state index in [1.807, 2.05) is 6.07 Å². The maximum Gasteiger partial charge on any atom is 0.113 e. The molecule has 0 unspecified atom stereocenters. The quantitative estimate of drug-likeness (QED) is 0.827. The van der Waals surface area contributed by atoms with Gasteiger partial charge >= 0.3 is 0 Å². The van der Waals surface area contributed by atoms with Gasteiger partial charge in [0.15, 0.2) is 0 Å². The molecular formula is C12H13ClN2S. The first-order valence-electron chi connectivity index (χ1n) is 5.19. The Kier molecular flexibility index (Phi) is 4.34. The molecular weight excluding hydrogens is 240 g/mol. The highest BCUT2D eigenvalue weighted by Crippen LogP contribution is 2.17. The molecule has 0 aliphatic carbocycles. The van der Waals surface area contributed by atoms with Crippen molar-refractivity contribution in [3.05, 3.63) is 51.4 Å². The monoisotopic (exact) mass is 252 g/mol. The molecule has 2 nitrogen and oxygen atoms in total. The van der Waals surface area contributed by atoms with Crippen LogP contribution in [0, 0.1) is 0 Å². The number of rotatable bonds is 5. The van der Waals surface area contributed by atoms with E-state index in [4.69, 9.17) is 11.6 Å². The zero-order valence-corrected chi connectivity index (χ0v) is 10.4. The minimum absolute atomic E-state index is 0.750. The molecule has 0 radical (unpaired) electrons. The van der Waals surface area contributed by atoms with Gasteiger partial charge in [-0.05, 0) is 18.5 Å². The molecule has 0 aliphatic heterocycles. The second-order valence-electron chi connectivity index (χ2n) is 3.47. The topological polar surface area (TPSA) is 24.9 Å². The van der Waals surface area contributed by atoms with E-state index in [0.29, 0.717) is 0 Å². The Hall–Kier alpha value is -0.900. The number of halogens is 1. The number of benzene rings is 1. The number of nitrogens with one attached hydrogen (secondary N) is 1. The second kappa shape index (κ2) is 5.99. The van der Waals surface area contributed by atoms with Crippen LogP contribution in [-0.2, 0) is 13.0 Å².